The van der Waals surface area contributed by atoms with Crippen LogP contribution in [0.15, 0.2) is 0 Å². The Morgan fingerprint density at radius 2 is 2.00 bits per heavy atom. The average molecular weight is 239 g/mol. The van der Waals surface area contributed by atoms with Crippen LogP contribution in [0, 0.1) is 0 Å². The van der Waals surface area contributed by atoms with Crippen LogP contribution in [-0.2, 0) is 19.1 Å². The number of ether oxygens (including phenoxy) is 1. The molecule has 0 aliphatic rings. The van der Waals surface area contributed by atoms with Gasteiger partial charge in [-0.15, -0.1) is 0 Å². The molecule has 0 fully saturated rings. The first kappa shape index (κ1) is 11.1. The van der Waals surface area contributed by atoms with Crippen molar-refractivity contribution in [1.82, 2.24) is 0 Å². The van der Waals surface area contributed by atoms with Gasteiger partial charge < -0.3 is 9.84 Å². The van der Waals surface area contributed by atoms with Crippen molar-refractivity contribution in [3.8, 4) is 0 Å². The van der Waals surface area contributed by atoms with Crippen molar-refractivity contribution in [2.45, 2.75) is 18.2 Å². The number of aliphatic carboxylic acids is 1. The molecule has 0 heterocycles. The average Bonchev–Trinajstić information content (AvgIpc) is 1.84. The van der Waals surface area contributed by atoms with Crippen LogP contribution < -0.4 is 0 Å². The highest BCUT2D eigenvalue weighted by Gasteiger charge is 2.19. The number of halogens is 1. The molecule has 0 bridgehead atoms. The number of rotatable bonds is 3. The van der Waals surface area contributed by atoms with Crippen molar-refractivity contribution in [1.29, 1.82) is 0 Å². The van der Waals surface area contributed by atoms with Gasteiger partial charge in [-0.2, -0.15) is 0 Å². The SMILES string of the molecule is CC(=O)OC(=O)CC(Br)C(=O)O. The highest BCUT2D eigenvalue weighted by atomic mass is 79.9. The summed E-state index contributed by atoms with van der Waals surface area (Å²) in [7, 11) is 0. The molecule has 0 rings (SSSR count). The molecule has 5 nitrogen and oxygen atoms in total. The lowest BCUT2D eigenvalue weighted by Crippen LogP contribution is -2.20. The Balaban J connectivity index is 3.85. The fourth-order valence-electron chi connectivity index (χ4n) is 0.436. The van der Waals surface area contributed by atoms with Gasteiger partial charge in [0.2, 0.25) is 0 Å². The molecule has 0 aromatic rings. The zero-order chi connectivity index (χ0) is 9.72. The summed E-state index contributed by atoms with van der Waals surface area (Å²) < 4.78 is 4.10. The van der Waals surface area contributed by atoms with E-state index in [1.54, 1.807) is 0 Å². The van der Waals surface area contributed by atoms with Crippen LogP contribution in [0.4, 0.5) is 0 Å². The first-order valence-corrected chi connectivity index (χ1v) is 3.93. The number of carboxylic acid groups (broad SMARTS) is 1. The van der Waals surface area contributed by atoms with Gasteiger partial charge in [0.25, 0.3) is 0 Å². The van der Waals surface area contributed by atoms with Crippen molar-refractivity contribution in [2.24, 2.45) is 0 Å². The summed E-state index contributed by atoms with van der Waals surface area (Å²) in [6.07, 6.45) is -0.366. The van der Waals surface area contributed by atoms with Crippen LogP contribution in [0.25, 0.3) is 0 Å². The van der Waals surface area contributed by atoms with E-state index < -0.39 is 22.7 Å². The molecule has 0 saturated heterocycles. The van der Waals surface area contributed by atoms with Crippen LogP contribution in [0.1, 0.15) is 13.3 Å². The molecule has 0 aromatic carbocycles. The zero-order valence-electron chi connectivity index (χ0n) is 6.24. The minimum absolute atomic E-state index is 0.366. The lowest BCUT2D eigenvalue weighted by Gasteiger charge is -2.01. The van der Waals surface area contributed by atoms with E-state index in [0.29, 0.717) is 0 Å². The first-order valence-electron chi connectivity index (χ1n) is 3.01. The van der Waals surface area contributed by atoms with Gasteiger partial charge >= 0.3 is 17.9 Å². The van der Waals surface area contributed by atoms with Crippen LogP contribution >= 0.6 is 15.9 Å². The maximum Gasteiger partial charge on any atom is 0.317 e. The van der Waals surface area contributed by atoms with E-state index in [0.717, 1.165) is 6.92 Å². The maximum atomic E-state index is 10.6. The summed E-state index contributed by atoms with van der Waals surface area (Å²) in [6.45, 7) is 1.07. The van der Waals surface area contributed by atoms with Gasteiger partial charge in [0.05, 0.1) is 6.42 Å². The van der Waals surface area contributed by atoms with Crippen molar-refractivity contribution < 1.29 is 24.2 Å². The van der Waals surface area contributed by atoms with E-state index in [4.69, 9.17) is 5.11 Å². The molecule has 6 heteroatoms. The summed E-state index contributed by atoms with van der Waals surface area (Å²) >= 11 is 2.72. The van der Waals surface area contributed by atoms with Gasteiger partial charge in [-0.25, -0.2) is 0 Å². The molecule has 0 spiro atoms. The van der Waals surface area contributed by atoms with Crippen LogP contribution in [0.5, 0.6) is 0 Å². The molecule has 1 N–H and O–H groups in total. The number of alkyl halides is 1. The number of esters is 2. The number of carbonyl (C=O) groups is 3. The Bertz CT molecular complexity index is 212. The Morgan fingerprint density at radius 1 is 1.50 bits per heavy atom. The molecule has 1 atom stereocenters. The number of hydrogen-bond acceptors (Lipinski definition) is 4. The number of carbonyl (C=O) groups excluding carboxylic acids is 2. The third-order valence-corrected chi connectivity index (χ3v) is 1.59. The summed E-state index contributed by atoms with van der Waals surface area (Å²) in [4.78, 5) is 30.0. The summed E-state index contributed by atoms with van der Waals surface area (Å²) in [5.41, 5.74) is 0. The van der Waals surface area contributed by atoms with Crippen molar-refractivity contribution in [2.75, 3.05) is 0 Å². The van der Waals surface area contributed by atoms with E-state index in [9.17, 15) is 14.4 Å². The third kappa shape index (κ3) is 4.84. The summed E-state index contributed by atoms with van der Waals surface area (Å²) in [5.74, 6) is -2.77. The number of carboxylic acids is 1. The molecule has 0 saturated carbocycles. The van der Waals surface area contributed by atoms with Gasteiger partial charge in [0, 0.05) is 6.92 Å². The largest absolute Gasteiger partial charge is 0.480 e. The second-order valence-electron chi connectivity index (χ2n) is 1.98. The van der Waals surface area contributed by atoms with Crippen LogP contribution in [0.2, 0.25) is 0 Å². The molecule has 0 amide bonds. The normalized spacial score (nSPS) is 11.8. The van der Waals surface area contributed by atoms with Crippen LogP contribution in [0.3, 0.4) is 0 Å². The van der Waals surface area contributed by atoms with E-state index in [-0.39, 0.29) is 6.42 Å². The molecule has 0 radical (unpaired) electrons. The topological polar surface area (TPSA) is 80.7 Å². The molecule has 68 valence electrons. The highest BCUT2D eigenvalue weighted by molar-refractivity contribution is 9.10. The minimum atomic E-state index is -1.17. The smallest absolute Gasteiger partial charge is 0.317 e. The van der Waals surface area contributed by atoms with Gasteiger partial charge in [0.1, 0.15) is 4.83 Å². The molecule has 1 unspecified atom stereocenters. The standard InChI is InChI=1S/C6H7BrO5/c1-3(8)12-5(9)2-4(7)6(10)11/h4H,2H2,1H3,(H,10,11). The van der Waals surface area contributed by atoms with Gasteiger partial charge in [-0.05, 0) is 0 Å². The molecule has 0 aliphatic carbocycles. The zero-order valence-corrected chi connectivity index (χ0v) is 7.83. The Morgan fingerprint density at radius 3 is 2.33 bits per heavy atom. The van der Waals surface area contributed by atoms with Gasteiger partial charge in [-0.3, -0.25) is 14.4 Å². The van der Waals surface area contributed by atoms with E-state index in [2.05, 4.69) is 20.7 Å². The lowest BCUT2D eigenvalue weighted by molar-refractivity contribution is -0.159. The molecule has 0 aliphatic heterocycles. The minimum Gasteiger partial charge on any atom is -0.480 e. The van der Waals surface area contributed by atoms with Crippen molar-refractivity contribution in [3.63, 3.8) is 0 Å². The summed E-state index contributed by atoms with van der Waals surface area (Å²) in [5, 5.41) is 8.33. The molecule has 12 heavy (non-hydrogen) atoms. The van der Waals surface area contributed by atoms with Crippen LogP contribution in [-0.4, -0.2) is 27.8 Å². The van der Waals surface area contributed by atoms with E-state index in [1.165, 1.54) is 0 Å². The second kappa shape index (κ2) is 4.87. The Hall–Kier alpha value is -0.910. The molecule has 0 aromatic heterocycles. The fraction of sp³-hybridized carbons (Fsp3) is 0.500. The van der Waals surface area contributed by atoms with Gasteiger partial charge in [-0.1, -0.05) is 15.9 Å². The molecular formula is C6H7BrO5. The molecular weight excluding hydrogens is 232 g/mol. The first-order chi connectivity index (χ1) is 5.43. The predicted molar refractivity (Wildman–Crippen MR) is 41.7 cm³/mol. The Kier molecular flexibility index (Phi) is 4.50. The Labute approximate surface area is 76.8 Å². The monoisotopic (exact) mass is 238 g/mol. The van der Waals surface area contributed by atoms with E-state index >= 15 is 0 Å². The highest BCUT2D eigenvalue weighted by Crippen LogP contribution is 2.06. The van der Waals surface area contributed by atoms with Gasteiger partial charge in [0.15, 0.2) is 0 Å². The van der Waals surface area contributed by atoms with Crippen molar-refractivity contribution >= 4 is 33.8 Å². The number of hydrogen-bond donors (Lipinski definition) is 1. The van der Waals surface area contributed by atoms with Crippen molar-refractivity contribution in [3.05, 3.63) is 0 Å². The summed E-state index contributed by atoms with van der Waals surface area (Å²) in [6, 6.07) is 0. The fourth-order valence-corrected chi connectivity index (χ4v) is 0.700. The van der Waals surface area contributed by atoms with E-state index in [1.807, 2.05) is 0 Å². The lowest BCUT2D eigenvalue weighted by atomic mass is 10.3. The predicted octanol–water partition coefficient (Wildman–Crippen LogP) is 0.314. The maximum absolute atomic E-state index is 10.6. The quantitative estimate of drug-likeness (QED) is 0.435. The second-order valence-corrected chi connectivity index (χ2v) is 3.08. The third-order valence-electron chi connectivity index (χ3n) is 0.871.